The zero-order chi connectivity index (χ0) is 17.8. The van der Waals surface area contributed by atoms with E-state index in [0.29, 0.717) is 19.6 Å². The van der Waals surface area contributed by atoms with E-state index in [0.717, 1.165) is 23.4 Å². The number of carbonyl (C=O) groups excluding carboxylic acids is 1. The number of nitrogens with zero attached hydrogens (tertiary/aromatic N) is 5. The van der Waals surface area contributed by atoms with E-state index in [1.165, 1.54) is 6.33 Å². The van der Waals surface area contributed by atoms with Crippen molar-refractivity contribution in [2.75, 3.05) is 18.1 Å². The Balaban J connectivity index is 1.52. The third-order valence-electron chi connectivity index (χ3n) is 4.48. The Hall–Kier alpha value is -3.06. The molecule has 7 heteroatoms. The number of hydrogen-bond donors (Lipinski definition) is 0. The monoisotopic (exact) mass is 349 g/mol. The summed E-state index contributed by atoms with van der Waals surface area (Å²) in [4.78, 5) is 14.9. The molecule has 0 aliphatic carbocycles. The normalized spacial score (nSPS) is 16.5. The minimum Gasteiger partial charge on any atom is -0.379 e. The average molecular weight is 349 g/mol. The van der Waals surface area contributed by atoms with Crippen molar-refractivity contribution >= 4 is 11.6 Å². The largest absolute Gasteiger partial charge is 0.379 e. The maximum atomic E-state index is 13.0. The summed E-state index contributed by atoms with van der Waals surface area (Å²) in [6.45, 7) is 1.28. The van der Waals surface area contributed by atoms with Crippen LogP contribution in [0.25, 0.3) is 5.69 Å². The Labute approximate surface area is 151 Å². The van der Waals surface area contributed by atoms with Gasteiger partial charge in [0.15, 0.2) is 0 Å². The maximum absolute atomic E-state index is 13.0. The standard InChI is InChI=1S/C19H19N5O2/c25-19(12-15-6-8-16(9-7-15)23-14-20-21-22-23)24(18-10-11-26-13-18)17-4-2-1-3-5-17/h1-9,14,18H,10-13H2. The molecule has 1 amide bonds. The Morgan fingerprint density at radius 2 is 1.96 bits per heavy atom. The SMILES string of the molecule is O=C(Cc1ccc(-n2cnnn2)cc1)N(c1ccccc1)C1CCOC1. The predicted octanol–water partition coefficient (Wildman–Crippen LogP) is 2.03. The first kappa shape index (κ1) is 16.4. The van der Waals surface area contributed by atoms with Gasteiger partial charge in [-0.1, -0.05) is 30.3 Å². The van der Waals surface area contributed by atoms with Gasteiger partial charge < -0.3 is 9.64 Å². The first-order valence-corrected chi connectivity index (χ1v) is 8.58. The van der Waals surface area contributed by atoms with Gasteiger partial charge in [-0.2, -0.15) is 0 Å². The van der Waals surface area contributed by atoms with Crippen LogP contribution in [0.5, 0.6) is 0 Å². The van der Waals surface area contributed by atoms with Gasteiger partial charge in [-0.25, -0.2) is 4.68 Å². The van der Waals surface area contributed by atoms with Gasteiger partial charge in [0.1, 0.15) is 6.33 Å². The van der Waals surface area contributed by atoms with Gasteiger partial charge in [0.05, 0.1) is 24.8 Å². The van der Waals surface area contributed by atoms with Crippen molar-refractivity contribution in [1.29, 1.82) is 0 Å². The van der Waals surface area contributed by atoms with Crippen LogP contribution in [0.2, 0.25) is 0 Å². The van der Waals surface area contributed by atoms with Gasteiger partial charge in [0.25, 0.3) is 0 Å². The van der Waals surface area contributed by atoms with Crippen molar-refractivity contribution < 1.29 is 9.53 Å². The summed E-state index contributed by atoms with van der Waals surface area (Å²) in [7, 11) is 0. The lowest BCUT2D eigenvalue weighted by Gasteiger charge is -2.28. The fourth-order valence-electron chi connectivity index (χ4n) is 3.18. The Bertz CT molecular complexity index is 843. The summed E-state index contributed by atoms with van der Waals surface area (Å²) < 4.78 is 7.08. The second-order valence-electron chi connectivity index (χ2n) is 6.21. The Morgan fingerprint density at radius 3 is 2.62 bits per heavy atom. The molecule has 0 saturated carbocycles. The number of rotatable bonds is 5. The first-order chi connectivity index (χ1) is 12.8. The first-order valence-electron chi connectivity index (χ1n) is 8.58. The van der Waals surface area contributed by atoms with Crippen LogP contribution in [0.1, 0.15) is 12.0 Å². The number of amides is 1. The van der Waals surface area contributed by atoms with Crippen LogP contribution < -0.4 is 4.90 Å². The lowest BCUT2D eigenvalue weighted by Crippen LogP contribution is -2.41. The molecule has 2 aromatic carbocycles. The molecule has 3 aromatic rings. The van der Waals surface area contributed by atoms with Crippen LogP contribution in [0.15, 0.2) is 60.9 Å². The third-order valence-corrected chi connectivity index (χ3v) is 4.48. The van der Waals surface area contributed by atoms with E-state index in [1.54, 1.807) is 4.68 Å². The molecule has 0 N–H and O–H groups in total. The van der Waals surface area contributed by atoms with Gasteiger partial charge in [-0.05, 0) is 46.7 Å². The second kappa shape index (κ2) is 7.45. The van der Waals surface area contributed by atoms with Crippen molar-refractivity contribution in [2.24, 2.45) is 0 Å². The fourth-order valence-corrected chi connectivity index (χ4v) is 3.18. The highest BCUT2D eigenvalue weighted by Gasteiger charge is 2.28. The van der Waals surface area contributed by atoms with Crippen molar-refractivity contribution in [3.8, 4) is 5.69 Å². The summed E-state index contributed by atoms with van der Waals surface area (Å²) in [5.41, 5.74) is 2.72. The maximum Gasteiger partial charge on any atom is 0.231 e. The molecule has 132 valence electrons. The third kappa shape index (κ3) is 3.48. The van der Waals surface area contributed by atoms with Gasteiger partial charge in [-0.15, -0.1) is 5.10 Å². The molecule has 7 nitrogen and oxygen atoms in total. The van der Waals surface area contributed by atoms with Crippen LogP contribution >= 0.6 is 0 Å². The van der Waals surface area contributed by atoms with E-state index in [2.05, 4.69) is 15.5 Å². The van der Waals surface area contributed by atoms with Crippen LogP contribution in [0.4, 0.5) is 5.69 Å². The smallest absolute Gasteiger partial charge is 0.231 e. The Kier molecular flexibility index (Phi) is 4.70. The minimum absolute atomic E-state index is 0.0712. The van der Waals surface area contributed by atoms with E-state index in [4.69, 9.17) is 4.74 Å². The summed E-state index contributed by atoms with van der Waals surface area (Å²) in [5.74, 6) is 0.0712. The number of benzene rings is 2. The molecule has 26 heavy (non-hydrogen) atoms. The molecular weight excluding hydrogens is 330 g/mol. The second-order valence-corrected chi connectivity index (χ2v) is 6.21. The van der Waals surface area contributed by atoms with Crippen LogP contribution in [-0.2, 0) is 16.0 Å². The quantitative estimate of drug-likeness (QED) is 0.705. The average Bonchev–Trinajstić information content (AvgIpc) is 3.38. The molecule has 1 atom stereocenters. The van der Waals surface area contributed by atoms with Crippen LogP contribution in [0, 0.1) is 0 Å². The number of ether oxygens (including phenoxy) is 1. The number of tetrazole rings is 1. The van der Waals surface area contributed by atoms with Crippen molar-refractivity contribution in [3.63, 3.8) is 0 Å². The molecule has 1 fully saturated rings. The number of hydrogen-bond acceptors (Lipinski definition) is 5. The molecular formula is C19H19N5O2. The zero-order valence-corrected chi connectivity index (χ0v) is 14.2. The molecule has 1 aliphatic heterocycles. The summed E-state index contributed by atoms with van der Waals surface area (Å²) in [6.07, 6.45) is 2.73. The van der Waals surface area contributed by atoms with E-state index in [1.807, 2.05) is 59.5 Å². The number of carbonyl (C=O) groups is 1. The molecule has 2 heterocycles. The minimum atomic E-state index is 0.0712. The number of para-hydroxylation sites is 1. The lowest BCUT2D eigenvalue weighted by molar-refractivity contribution is -0.118. The van der Waals surface area contributed by atoms with Gasteiger partial charge in [0, 0.05) is 12.3 Å². The van der Waals surface area contributed by atoms with E-state index >= 15 is 0 Å². The fraction of sp³-hybridized carbons (Fsp3) is 0.263. The topological polar surface area (TPSA) is 73.1 Å². The highest BCUT2D eigenvalue weighted by molar-refractivity contribution is 5.95. The molecule has 0 spiro atoms. The summed E-state index contributed by atoms with van der Waals surface area (Å²) >= 11 is 0. The molecule has 1 saturated heterocycles. The molecule has 1 aromatic heterocycles. The molecule has 0 bridgehead atoms. The van der Waals surface area contributed by atoms with E-state index < -0.39 is 0 Å². The van der Waals surface area contributed by atoms with Crippen molar-refractivity contribution in [3.05, 3.63) is 66.5 Å². The van der Waals surface area contributed by atoms with Gasteiger partial charge >= 0.3 is 0 Å². The predicted molar refractivity (Wildman–Crippen MR) is 96.0 cm³/mol. The van der Waals surface area contributed by atoms with Crippen LogP contribution in [-0.4, -0.2) is 45.4 Å². The van der Waals surface area contributed by atoms with Gasteiger partial charge in [0.2, 0.25) is 5.91 Å². The summed E-state index contributed by atoms with van der Waals surface area (Å²) in [6, 6.07) is 17.6. The Morgan fingerprint density at radius 1 is 1.15 bits per heavy atom. The number of anilines is 1. The number of aromatic nitrogens is 4. The van der Waals surface area contributed by atoms with E-state index in [-0.39, 0.29) is 11.9 Å². The molecule has 4 rings (SSSR count). The van der Waals surface area contributed by atoms with Gasteiger partial charge in [-0.3, -0.25) is 4.79 Å². The van der Waals surface area contributed by atoms with E-state index in [9.17, 15) is 4.79 Å². The molecule has 0 radical (unpaired) electrons. The zero-order valence-electron chi connectivity index (χ0n) is 14.2. The van der Waals surface area contributed by atoms with Crippen LogP contribution in [0.3, 0.4) is 0 Å². The van der Waals surface area contributed by atoms with Crippen molar-refractivity contribution in [2.45, 2.75) is 18.9 Å². The highest BCUT2D eigenvalue weighted by atomic mass is 16.5. The van der Waals surface area contributed by atoms with Crippen molar-refractivity contribution in [1.82, 2.24) is 20.2 Å². The summed E-state index contributed by atoms with van der Waals surface area (Å²) in [5, 5.41) is 11.1. The highest BCUT2D eigenvalue weighted by Crippen LogP contribution is 2.23. The molecule has 1 unspecified atom stereocenters. The molecule has 1 aliphatic rings. The lowest BCUT2D eigenvalue weighted by atomic mass is 10.1.